The van der Waals surface area contributed by atoms with E-state index in [0.29, 0.717) is 17.0 Å². The highest BCUT2D eigenvalue weighted by Gasteiger charge is 2.11. The van der Waals surface area contributed by atoms with Crippen LogP contribution in [0.1, 0.15) is 5.56 Å². The van der Waals surface area contributed by atoms with E-state index in [9.17, 15) is 13.6 Å². The highest BCUT2D eigenvalue weighted by molar-refractivity contribution is 7.99. The van der Waals surface area contributed by atoms with Crippen molar-refractivity contribution in [1.82, 2.24) is 15.2 Å². The van der Waals surface area contributed by atoms with Gasteiger partial charge < -0.3 is 5.32 Å². The summed E-state index contributed by atoms with van der Waals surface area (Å²) >= 11 is 1.11. The smallest absolute Gasteiger partial charge is 0.234 e. The van der Waals surface area contributed by atoms with Crippen molar-refractivity contribution in [2.75, 3.05) is 11.1 Å². The quantitative estimate of drug-likeness (QED) is 0.679. The van der Waals surface area contributed by atoms with Gasteiger partial charge >= 0.3 is 0 Å². The maximum atomic E-state index is 13.5. The molecule has 25 heavy (non-hydrogen) atoms. The van der Waals surface area contributed by atoms with Crippen molar-refractivity contribution in [3.05, 3.63) is 59.7 Å². The molecule has 128 valence electrons. The van der Waals surface area contributed by atoms with Crippen LogP contribution in [-0.2, 0) is 4.79 Å². The number of aryl methyl sites for hydroxylation is 1. The number of thioether (sulfide) groups is 1. The Kier molecular flexibility index (Phi) is 5.08. The molecular weight excluding hydrogens is 346 g/mol. The van der Waals surface area contributed by atoms with E-state index in [1.165, 1.54) is 6.07 Å². The lowest BCUT2D eigenvalue weighted by Crippen LogP contribution is -2.15. The van der Waals surface area contributed by atoms with E-state index in [4.69, 9.17) is 0 Å². The fourth-order valence-corrected chi connectivity index (χ4v) is 2.66. The molecule has 2 aromatic carbocycles. The fraction of sp³-hybridized carbons (Fsp3) is 0.118. The van der Waals surface area contributed by atoms with Crippen molar-refractivity contribution in [2.24, 2.45) is 0 Å². The van der Waals surface area contributed by atoms with Gasteiger partial charge in [0.05, 0.1) is 11.4 Å². The summed E-state index contributed by atoms with van der Waals surface area (Å²) < 4.78 is 26.3. The van der Waals surface area contributed by atoms with Gasteiger partial charge in [0.1, 0.15) is 11.6 Å². The zero-order chi connectivity index (χ0) is 17.8. The minimum absolute atomic E-state index is 0.00199. The third kappa shape index (κ3) is 4.42. The molecule has 0 saturated carbocycles. The largest absolute Gasteiger partial charge is 0.323 e. The lowest BCUT2D eigenvalue weighted by atomic mass is 10.1. The molecule has 0 unspecified atom stereocenters. The molecule has 0 radical (unpaired) electrons. The number of aromatic nitrogens is 3. The van der Waals surface area contributed by atoms with Crippen LogP contribution >= 0.6 is 11.8 Å². The number of nitrogens with zero attached hydrogens (tertiary/aromatic N) is 2. The van der Waals surface area contributed by atoms with Crippen LogP contribution in [0.3, 0.4) is 0 Å². The van der Waals surface area contributed by atoms with Crippen LogP contribution in [0.2, 0.25) is 0 Å². The number of amides is 1. The molecule has 0 bridgehead atoms. The number of rotatable bonds is 5. The number of hydrogen-bond acceptors (Lipinski definition) is 4. The minimum atomic E-state index is -0.821. The summed E-state index contributed by atoms with van der Waals surface area (Å²) in [5, 5.41) is 9.65. The van der Waals surface area contributed by atoms with Crippen molar-refractivity contribution in [1.29, 1.82) is 0 Å². The third-order valence-corrected chi connectivity index (χ3v) is 4.17. The molecule has 8 heteroatoms. The summed E-state index contributed by atoms with van der Waals surface area (Å²) in [6.45, 7) is 1.99. The van der Waals surface area contributed by atoms with Crippen LogP contribution in [0.4, 0.5) is 14.5 Å². The molecule has 1 heterocycles. The van der Waals surface area contributed by atoms with E-state index in [-0.39, 0.29) is 11.4 Å². The standard InChI is InChI=1S/C17H14F2N4OS/c1-10-2-4-11(5-3-10)16-21-17(23-22-16)25-9-15(24)20-14-7-6-12(18)8-13(14)19/h2-8H,9H2,1H3,(H,20,24)(H,21,22,23). The maximum Gasteiger partial charge on any atom is 0.234 e. The molecule has 3 aromatic rings. The Labute approximate surface area is 146 Å². The molecule has 0 spiro atoms. The first kappa shape index (κ1) is 17.1. The molecule has 0 saturated heterocycles. The average Bonchev–Trinajstić information content (AvgIpc) is 3.05. The summed E-state index contributed by atoms with van der Waals surface area (Å²) in [7, 11) is 0. The Hall–Kier alpha value is -2.74. The van der Waals surface area contributed by atoms with Gasteiger partial charge in [-0.3, -0.25) is 9.89 Å². The Bertz CT molecular complexity index is 896. The van der Waals surface area contributed by atoms with Crippen molar-refractivity contribution < 1.29 is 13.6 Å². The van der Waals surface area contributed by atoms with Crippen molar-refractivity contribution in [3.8, 4) is 11.4 Å². The third-order valence-electron chi connectivity index (χ3n) is 3.33. The van der Waals surface area contributed by atoms with Crippen LogP contribution in [0, 0.1) is 18.6 Å². The zero-order valence-corrected chi connectivity index (χ0v) is 14.0. The number of carbonyl (C=O) groups is 1. The fourth-order valence-electron chi connectivity index (χ4n) is 2.06. The minimum Gasteiger partial charge on any atom is -0.323 e. The number of halogens is 2. The van der Waals surface area contributed by atoms with Gasteiger partial charge in [0.15, 0.2) is 5.82 Å². The molecule has 1 aromatic heterocycles. The predicted octanol–water partition coefficient (Wildman–Crippen LogP) is 3.79. The molecular formula is C17H14F2N4OS. The summed E-state index contributed by atoms with van der Waals surface area (Å²) in [4.78, 5) is 16.2. The number of H-pyrrole nitrogens is 1. The van der Waals surface area contributed by atoms with E-state index in [2.05, 4.69) is 20.5 Å². The zero-order valence-electron chi connectivity index (χ0n) is 13.2. The SMILES string of the molecule is Cc1ccc(-c2nc(SCC(=O)Nc3ccc(F)cc3F)n[nH]2)cc1. The van der Waals surface area contributed by atoms with Crippen LogP contribution in [-0.4, -0.2) is 26.8 Å². The number of anilines is 1. The van der Waals surface area contributed by atoms with Crippen molar-refractivity contribution >= 4 is 23.4 Å². The second-order valence-corrected chi connectivity index (χ2v) is 6.24. The van der Waals surface area contributed by atoms with E-state index in [0.717, 1.165) is 29.0 Å². The van der Waals surface area contributed by atoms with Gasteiger partial charge in [0, 0.05) is 11.6 Å². The van der Waals surface area contributed by atoms with Crippen LogP contribution in [0.5, 0.6) is 0 Å². The Morgan fingerprint density at radius 2 is 1.96 bits per heavy atom. The molecule has 0 aliphatic heterocycles. The topological polar surface area (TPSA) is 70.7 Å². The van der Waals surface area contributed by atoms with Crippen LogP contribution in [0.25, 0.3) is 11.4 Å². The highest BCUT2D eigenvalue weighted by Crippen LogP contribution is 2.20. The van der Waals surface area contributed by atoms with Gasteiger partial charge in [-0.05, 0) is 19.1 Å². The summed E-state index contributed by atoms with van der Waals surface area (Å²) in [6, 6.07) is 10.8. The number of nitrogens with one attached hydrogen (secondary N) is 2. The van der Waals surface area contributed by atoms with E-state index in [1.807, 2.05) is 31.2 Å². The molecule has 0 aliphatic rings. The Balaban J connectivity index is 1.58. The first-order valence-corrected chi connectivity index (χ1v) is 8.37. The highest BCUT2D eigenvalue weighted by atomic mass is 32.2. The van der Waals surface area contributed by atoms with E-state index in [1.54, 1.807) is 0 Å². The average molecular weight is 360 g/mol. The summed E-state index contributed by atoms with van der Waals surface area (Å²) in [5.74, 6) is -1.35. The van der Waals surface area contributed by atoms with Crippen molar-refractivity contribution in [2.45, 2.75) is 12.1 Å². The molecule has 1 amide bonds. The first-order valence-electron chi connectivity index (χ1n) is 7.38. The Morgan fingerprint density at radius 1 is 1.20 bits per heavy atom. The van der Waals surface area contributed by atoms with Gasteiger partial charge in [0.2, 0.25) is 11.1 Å². The molecule has 0 atom stereocenters. The number of benzene rings is 2. The van der Waals surface area contributed by atoms with Gasteiger partial charge in [-0.2, -0.15) is 0 Å². The first-order chi connectivity index (χ1) is 12.0. The maximum absolute atomic E-state index is 13.5. The monoisotopic (exact) mass is 360 g/mol. The second-order valence-electron chi connectivity index (χ2n) is 5.29. The van der Waals surface area contributed by atoms with E-state index >= 15 is 0 Å². The molecule has 5 nitrogen and oxygen atoms in total. The molecule has 3 rings (SSSR count). The van der Waals surface area contributed by atoms with Crippen LogP contribution < -0.4 is 5.32 Å². The second kappa shape index (κ2) is 7.43. The summed E-state index contributed by atoms with van der Waals surface area (Å²) in [6.07, 6.45) is 0. The van der Waals surface area contributed by atoms with Gasteiger partial charge in [-0.25, -0.2) is 13.8 Å². The summed E-state index contributed by atoms with van der Waals surface area (Å²) in [5.41, 5.74) is 1.97. The molecule has 0 fully saturated rings. The lowest BCUT2D eigenvalue weighted by Gasteiger charge is -2.05. The number of carbonyl (C=O) groups excluding carboxylic acids is 1. The molecule has 2 N–H and O–H groups in total. The van der Waals surface area contributed by atoms with E-state index < -0.39 is 17.5 Å². The molecule has 0 aliphatic carbocycles. The van der Waals surface area contributed by atoms with Crippen molar-refractivity contribution in [3.63, 3.8) is 0 Å². The van der Waals surface area contributed by atoms with Gasteiger partial charge in [0.25, 0.3) is 0 Å². The van der Waals surface area contributed by atoms with Gasteiger partial charge in [-0.15, -0.1) is 5.10 Å². The normalized spacial score (nSPS) is 10.7. The van der Waals surface area contributed by atoms with Gasteiger partial charge in [-0.1, -0.05) is 41.6 Å². The lowest BCUT2D eigenvalue weighted by molar-refractivity contribution is -0.113. The predicted molar refractivity (Wildman–Crippen MR) is 92.3 cm³/mol. The number of hydrogen-bond donors (Lipinski definition) is 2. The van der Waals surface area contributed by atoms with Crippen LogP contribution in [0.15, 0.2) is 47.6 Å². The Morgan fingerprint density at radius 3 is 2.68 bits per heavy atom. The number of aromatic amines is 1.